The van der Waals surface area contributed by atoms with Gasteiger partial charge in [0, 0.05) is 10.9 Å². The summed E-state index contributed by atoms with van der Waals surface area (Å²) >= 11 is 11.6. The molecule has 0 nitrogen and oxygen atoms in total. The standard InChI is InChI=1S/C11H14Cl2/c1-2-9-5-6-11(13)8-10(9)4-3-7-12/h5-6,8H,2-4,7H2,1H3. The normalized spacial score (nSPS) is 10.4. The van der Waals surface area contributed by atoms with E-state index in [1.54, 1.807) is 0 Å². The molecule has 2 heteroatoms. The van der Waals surface area contributed by atoms with Crippen LogP contribution in [-0.2, 0) is 12.8 Å². The van der Waals surface area contributed by atoms with Gasteiger partial charge in [-0.05, 0) is 42.5 Å². The third kappa shape index (κ3) is 3.21. The molecule has 0 heterocycles. The zero-order valence-corrected chi connectivity index (χ0v) is 9.33. The van der Waals surface area contributed by atoms with Crippen molar-refractivity contribution in [2.24, 2.45) is 0 Å². The van der Waals surface area contributed by atoms with E-state index < -0.39 is 0 Å². The number of alkyl halides is 1. The van der Waals surface area contributed by atoms with Gasteiger partial charge < -0.3 is 0 Å². The Hall–Kier alpha value is -0.200. The zero-order valence-electron chi connectivity index (χ0n) is 7.82. The van der Waals surface area contributed by atoms with Gasteiger partial charge in [-0.3, -0.25) is 0 Å². The third-order valence-electron chi connectivity index (χ3n) is 2.13. The molecule has 1 aromatic carbocycles. The molecule has 0 atom stereocenters. The fourth-order valence-corrected chi connectivity index (χ4v) is 1.76. The lowest BCUT2D eigenvalue weighted by molar-refractivity contribution is 0.905. The molecule has 0 aromatic heterocycles. The summed E-state index contributed by atoms with van der Waals surface area (Å²) < 4.78 is 0. The summed E-state index contributed by atoms with van der Waals surface area (Å²) in [4.78, 5) is 0. The topological polar surface area (TPSA) is 0 Å². The van der Waals surface area contributed by atoms with E-state index in [9.17, 15) is 0 Å². The first-order valence-corrected chi connectivity index (χ1v) is 5.52. The predicted octanol–water partition coefficient (Wildman–Crippen LogP) is 4.07. The Balaban J connectivity index is 2.81. The van der Waals surface area contributed by atoms with Gasteiger partial charge in [0.2, 0.25) is 0 Å². The van der Waals surface area contributed by atoms with E-state index >= 15 is 0 Å². The van der Waals surface area contributed by atoms with Gasteiger partial charge in [0.15, 0.2) is 0 Å². The smallest absolute Gasteiger partial charge is 0.0408 e. The molecule has 0 aliphatic carbocycles. The van der Waals surface area contributed by atoms with Crippen LogP contribution in [0.4, 0.5) is 0 Å². The van der Waals surface area contributed by atoms with Crippen molar-refractivity contribution in [3.05, 3.63) is 34.3 Å². The van der Waals surface area contributed by atoms with Crippen molar-refractivity contribution in [1.82, 2.24) is 0 Å². The summed E-state index contributed by atoms with van der Waals surface area (Å²) in [5.41, 5.74) is 2.73. The molecular weight excluding hydrogens is 203 g/mol. The van der Waals surface area contributed by atoms with Crippen LogP contribution in [0.15, 0.2) is 18.2 Å². The molecule has 1 aromatic rings. The van der Waals surface area contributed by atoms with Gasteiger partial charge >= 0.3 is 0 Å². The maximum Gasteiger partial charge on any atom is 0.0408 e. The molecule has 0 unspecified atom stereocenters. The molecule has 0 radical (unpaired) electrons. The van der Waals surface area contributed by atoms with Crippen LogP contribution in [0.2, 0.25) is 5.02 Å². The molecule has 72 valence electrons. The van der Waals surface area contributed by atoms with Crippen molar-refractivity contribution >= 4 is 23.2 Å². The van der Waals surface area contributed by atoms with Crippen LogP contribution in [-0.4, -0.2) is 5.88 Å². The Morgan fingerprint density at radius 2 is 2.00 bits per heavy atom. The fourth-order valence-electron chi connectivity index (χ4n) is 1.43. The first kappa shape index (κ1) is 10.9. The van der Waals surface area contributed by atoms with Gasteiger partial charge in [0.05, 0.1) is 0 Å². The molecule has 0 amide bonds. The second kappa shape index (κ2) is 5.51. The Labute approximate surface area is 89.9 Å². The number of rotatable bonds is 4. The summed E-state index contributed by atoms with van der Waals surface area (Å²) in [6.45, 7) is 2.16. The molecule has 0 fully saturated rings. The molecule has 0 aliphatic heterocycles. The SMILES string of the molecule is CCc1ccc(Cl)cc1CCCCl. The van der Waals surface area contributed by atoms with Crippen molar-refractivity contribution < 1.29 is 0 Å². The average molecular weight is 217 g/mol. The van der Waals surface area contributed by atoms with Crippen LogP contribution in [0.5, 0.6) is 0 Å². The largest absolute Gasteiger partial charge is 0.127 e. The summed E-state index contributed by atoms with van der Waals surface area (Å²) in [7, 11) is 0. The Morgan fingerprint density at radius 1 is 1.23 bits per heavy atom. The van der Waals surface area contributed by atoms with Crippen LogP contribution >= 0.6 is 23.2 Å². The number of hydrogen-bond donors (Lipinski definition) is 0. The maximum atomic E-state index is 5.92. The Kier molecular flexibility index (Phi) is 4.61. The van der Waals surface area contributed by atoms with Crippen LogP contribution in [0.25, 0.3) is 0 Å². The molecule has 0 N–H and O–H groups in total. The lowest BCUT2D eigenvalue weighted by Crippen LogP contribution is -1.93. The minimum Gasteiger partial charge on any atom is -0.127 e. The minimum atomic E-state index is 0.718. The van der Waals surface area contributed by atoms with E-state index in [1.165, 1.54) is 11.1 Å². The minimum absolute atomic E-state index is 0.718. The highest BCUT2D eigenvalue weighted by atomic mass is 35.5. The quantitative estimate of drug-likeness (QED) is 0.666. The lowest BCUT2D eigenvalue weighted by atomic mass is 10.0. The van der Waals surface area contributed by atoms with Crippen molar-refractivity contribution in [1.29, 1.82) is 0 Å². The first-order chi connectivity index (χ1) is 6.27. The monoisotopic (exact) mass is 216 g/mol. The van der Waals surface area contributed by atoms with E-state index in [1.807, 2.05) is 12.1 Å². The fraction of sp³-hybridized carbons (Fsp3) is 0.455. The number of halogens is 2. The van der Waals surface area contributed by atoms with E-state index in [0.717, 1.165) is 30.2 Å². The summed E-state index contributed by atoms with van der Waals surface area (Å²) in [5.74, 6) is 0.718. The van der Waals surface area contributed by atoms with Gasteiger partial charge in [-0.25, -0.2) is 0 Å². The van der Waals surface area contributed by atoms with Gasteiger partial charge in [-0.2, -0.15) is 0 Å². The predicted molar refractivity (Wildman–Crippen MR) is 59.9 cm³/mol. The Morgan fingerprint density at radius 3 is 2.62 bits per heavy atom. The highest BCUT2D eigenvalue weighted by Crippen LogP contribution is 2.18. The molecule has 0 spiro atoms. The van der Waals surface area contributed by atoms with Crippen molar-refractivity contribution in [2.75, 3.05) is 5.88 Å². The summed E-state index contributed by atoms with van der Waals surface area (Å²) in [6, 6.07) is 6.10. The maximum absolute atomic E-state index is 5.92. The average Bonchev–Trinajstić information content (AvgIpc) is 2.15. The highest BCUT2D eigenvalue weighted by molar-refractivity contribution is 6.30. The molecule has 0 bridgehead atoms. The van der Waals surface area contributed by atoms with Gasteiger partial charge in [0.25, 0.3) is 0 Å². The van der Waals surface area contributed by atoms with Gasteiger partial charge in [-0.15, -0.1) is 11.6 Å². The molecule has 0 saturated heterocycles. The lowest BCUT2D eigenvalue weighted by Gasteiger charge is -2.06. The van der Waals surface area contributed by atoms with Crippen molar-refractivity contribution in [3.8, 4) is 0 Å². The second-order valence-corrected chi connectivity index (χ2v) is 3.87. The van der Waals surface area contributed by atoms with Gasteiger partial charge in [-0.1, -0.05) is 24.6 Å². The van der Waals surface area contributed by atoms with Crippen molar-refractivity contribution in [2.45, 2.75) is 26.2 Å². The van der Waals surface area contributed by atoms with Crippen LogP contribution in [0.1, 0.15) is 24.5 Å². The van der Waals surface area contributed by atoms with E-state index in [0.29, 0.717) is 0 Å². The molecule has 0 saturated carbocycles. The molecule has 1 rings (SSSR count). The number of benzene rings is 1. The van der Waals surface area contributed by atoms with Gasteiger partial charge in [0.1, 0.15) is 0 Å². The van der Waals surface area contributed by atoms with Crippen LogP contribution < -0.4 is 0 Å². The third-order valence-corrected chi connectivity index (χ3v) is 2.63. The van der Waals surface area contributed by atoms with Crippen LogP contribution in [0, 0.1) is 0 Å². The van der Waals surface area contributed by atoms with E-state index in [-0.39, 0.29) is 0 Å². The highest BCUT2D eigenvalue weighted by Gasteiger charge is 2.00. The zero-order chi connectivity index (χ0) is 9.68. The number of aryl methyl sites for hydroxylation is 2. The first-order valence-electron chi connectivity index (χ1n) is 4.61. The second-order valence-electron chi connectivity index (χ2n) is 3.06. The molecule has 0 aliphatic rings. The molecule has 13 heavy (non-hydrogen) atoms. The number of hydrogen-bond acceptors (Lipinski definition) is 0. The van der Waals surface area contributed by atoms with Crippen molar-refractivity contribution in [3.63, 3.8) is 0 Å². The summed E-state index contributed by atoms with van der Waals surface area (Å²) in [6.07, 6.45) is 3.12. The van der Waals surface area contributed by atoms with E-state index in [4.69, 9.17) is 23.2 Å². The Bertz CT molecular complexity index is 269. The summed E-state index contributed by atoms with van der Waals surface area (Å²) in [5, 5.41) is 0.821. The van der Waals surface area contributed by atoms with Crippen LogP contribution in [0.3, 0.4) is 0 Å². The van der Waals surface area contributed by atoms with E-state index in [2.05, 4.69) is 13.0 Å². The molecular formula is C11H14Cl2.